The molecular weight excluding hydrogens is 524 g/mol. The van der Waals surface area contributed by atoms with E-state index in [1.54, 1.807) is 36.7 Å². The number of carbonyl (C=O) groups excluding carboxylic acids is 2. The standard InChI is InChI=1S/C24H30N10O2S2/c1-17(35)27-21-7-3-19(4-8-21)15-25-29-23(37)31-33-11-13-34(14-12-33)32-24(38)30-26-16-20-5-9-22(10-6-20)28-18(2)36/h3-10,15-16H,11-14H2,1-2H3,(H,27,35)(H,28,36)(H2,29,31,37)(H2,30,32,38). The highest BCUT2D eigenvalue weighted by Gasteiger charge is 2.17. The lowest BCUT2D eigenvalue weighted by molar-refractivity contribution is -0.115. The number of benzene rings is 2. The molecule has 12 nitrogen and oxygen atoms in total. The molecule has 0 spiro atoms. The summed E-state index contributed by atoms with van der Waals surface area (Å²) in [4.78, 5) is 22.2. The lowest BCUT2D eigenvalue weighted by Gasteiger charge is -2.35. The van der Waals surface area contributed by atoms with Crippen LogP contribution in [0.4, 0.5) is 11.4 Å². The summed E-state index contributed by atoms with van der Waals surface area (Å²) in [6.07, 6.45) is 3.29. The molecule has 2 aromatic rings. The van der Waals surface area contributed by atoms with Gasteiger partial charge in [-0.1, -0.05) is 24.3 Å². The molecule has 1 fully saturated rings. The number of hydrogen-bond acceptors (Lipinski definition) is 8. The number of hydrogen-bond donors (Lipinski definition) is 6. The van der Waals surface area contributed by atoms with Crippen molar-refractivity contribution in [3.05, 3.63) is 59.7 Å². The van der Waals surface area contributed by atoms with Gasteiger partial charge in [0.15, 0.2) is 0 Å². The molecule has 38 heavy (non-hydrogen) atoms. The Kier molecular flexibility index (Phi) is 11.0. The molecule has 14 heteroatoms. The van der Waals surface area contributed by atoms with Gasteiger partial charge in [0.1, 0.15) is 0 Å². The molecule has 0 atom stereocenters. The lowest BCUT2D eigenvalue weighted by atomic mass is 10.2. The Morgan fingerprint density at radius 1 is 0.684 bits per heavy atom. The Morgan fingerprint density at radius 3 is 1.34 bits per heavy atom. The first-order chi connectivity index (χ1) is 18.3. The van der Waals surface area contributed by atoms with Crippen LogP contribution in [0.25, 0.3) is 0 Å². The summed E-state index contributed by atoms with van der Waals surface area (Å²) in [6.45, 7) is 5.75. The van der Waals surface area contributed by atoms with Crippen molar-refractivity contribution in [1.29, 1.82) is 0 Å². The number of anilines is 2. The van der Waals surface area contributed by atoms with Crippen LogP contribution in [-0.4, -0.2) is 70.7 Å². The second kappa shape index (κ2) is 14.7. The molecule has 2 amide bonds. The van der Waals surface area contributed by atoms with Gasteiger partial charge in [0.2, 0.25) is 22.0 Å². The molecular formula is C24H30N10O2S2. The molecule has 0 unspecified atom stereocenters. The molecule has 0 aliphatic carbocycles. The molecule has 1 heterocycles. The van der Waals surface area contributed by atoms with E-state index in [0.717, 1.165) is 22.5 Å². The van der Waals surface area contributed by atoms with Crippen LogP contribution in [0.3, 0.4) is 0 Å². The van der Waals surface area contributed by atoms with Gasteiger partial charge in [-0.05, 0) is 59.8 Å². The maximum absolute atomic E-state index is 11.1. The first-order valence-corrected chi connectivity index (χ1v) is 12.5. The highest BCUT2D eigenvalue weighted by molar-refractivity contribution is 7.80. The number of piperazine rings is 1. The number of hydrazone groups is 2. The van der Waals surface area contributed by atoms with Crippen LogP contribution in [0, 0.1) is 0 Å². The van der Waals surface area contributed by atoms with Crippen molar-refractivity contribution in [2.24, 2.45) is 10.2 Å². The summed E-state index contributed by atoms with van der Waals surface area (Å²) in [7, 11) is 0. The highest BCUT2D eigenvalue weighted by Crippen LogP contribution is 2.08. The zero-order chi connectivity index (χ0) is 27.3. The molecule has 0 saturated carbocycles. The maximum atomic E-state index is 11.1. The Hall–Kier alpha value is -3.98. The van der Waals surface area contributed by atoms with E-state index in [9.17, 15) is 9.59 Å². The fourth-order valence-corrected chi connectivity index (χ4v) is 3.67. The average molecular weight is 555 g/mol. The summed E-state index contributed by atoms with van der Waals surface area (Å²) in [5, 5.41) is 18.5. The van der Waals surface area contributed by atoms with E-state index in [0.29, 0.717) is 36.4 Å². The second-order valence-corrected chi connectivity index (χ2v) is 9.02. The number of hydrazine groups is 2. The summed E-state index contributed by atoms with van der Waals surface area (Å²) in [5.41, 5.74) is 15.0. The SMILES string of the molecule is CC(=O)Nc1ccc(C=NNC(=S)NN2CCN(NC(=S)NN=Cc3ccc(NC(C)=O)cc3)CC2)cc1. The fourth-order valence-electron chi connectivity index (χ4n) is 3.31. The first-order valence-electron chi connectivity index (χ1n) is 11.7. The van der Waals surface area contributed by atoms with Crippen molar-refractivity contribution in [3.8, 4) is 0 Å². The Morgan fingerprint density at radius 2 is 1.03 bits per heavy atom. The van der Waals surface area contributed by atoms with Gasteiger partial charge in [-0.25, -0.2) is 10.0 Å². The normalized spacial score (nSPS) is 14.2. The quantitative estimate of drug-likeness (QED) is 0.161. The van der Waals surface area contributed by atoms with Gasteiger partial charge in [-0.2, -0.15) is 10.2 Å². The highest BCUT2D eigenvalue weighted by atomic mass is 32.1. The Labute approximate surface area is 231 Å². The first kappa shape index (κ1) is 28.6. The van der Waals surface area contributed by atoms with E-state index >= 15 is 0 Å². The Balaban J connectivity index is 1.31. The third kappa shape index (κ3) is 10.6. The van der Waals surface area contributed by atoms with Crippen molar-refractivity contribution < 1.29 is 9.59 Å². The topological polar surface area (TPSA) is 138 Å². The molecule has 2 aromatic carbocycles. The number of thiocarbonyl (C=S) groups is 2. The third-order valence-electron chi connectivity index (χ3n) is 5.02. The number of nitrogens with zero attached hydrogens (tertiary/aromatic N) is 4. The van der Waals surface area contributed by atoms with Crippen molar-refractivity contribution in [3.63, 3.8) is 0 Å². The number of rotatable bonds is 8. The third-order valence-corrected chi connectivity index (χ3v) is 5.39. The van der Waals surface area contributed by atoms with Gasteiger partial charge in [0.05, 0.1) is 12.4 Å². The number of amides is 2. The molecule has 3 rings (SSSR count). The zero-order valence-electron chi connectivity index (χ0n) is 21.0. The predicted octanol–water partition coefficient (Wildman–Crippen LogP) is 1.35. The van der Waals surface area contributed by atoms with Crippen LogP contribution < -0.4 is 32.3 Å². The maximum Gasteiger partial charge on any atom is 0.221 e. The molecule has 200 valence electrons. The molecule has 6 N–H and O–H groups in total. The van der Waals surface area contributed by atoms with Crippen LogP contribution in [0.2, 0.25) is 0 Å². The van der Waals surface area contributed by atoms with Crippen LogP contribution in [0.15, 0.2) is 58.7 Å². The molecule has 1 saturated heterocycles. The minimum atomic E-state index is -0.116. The molecule has 1 aliphatic heterocycles. The zero-order valence-corrected chi connectivity index (χ0v) is 22.7. The van der Waals surface area contributed by atoms with Gasteiger partial charge in [-0.3, -0.25) is 31.3 Å². The second-order valence-electron chi connectivity index (χ2n) is 8.20. The van der Waals surface area contributed by atoms with Crippen LogP contribution >= 0.6 is 24.4 Å². The van der Waals surface area contributed by atoms with E-state index in [1.807, 2.05) is 34.3 Å². The van der Waals surface area contributed by atoms with E-state index < -0.39 is 0 Å². The van der Waals surface area contributed by atoms with Crippen molar-refractivity contribution in [1.82, 2.24) is 31.7 Å². The van der Waals surface area contributed by atoms with Gasteiger partial charge >= 0.3 is 0 Å². The summed E-state index contributed by atoms with van der Waals surface area (Å²) in [5.74, 6) is -0.233. The van der Waals surface area contributed by atoms with Crippen LogP contribution in [0.1, 0.15) is 25.0 Å². The van der Waals surface area contributed by atoms with Crippen molar-refractivity contribution in [2.45, 2.75) is 13.8 Å². The molecule has 1 aliphatic rings. The fraction of sp³-hybridized carbons (Fsp3) is 0.250. The minimum absolute atomic E-state index is 0.116. The lowest BCUT2D eigenvalue weighted by Crippen LogP contribution is -2.59. The summed E-state index contributed by atoms with van der Waals surface area (Å²) < 4.78 is 0. The van der Waals surface area contributed by atoms with Crippen LogP contribution in [-0.2, 0) is 9.59 Å². The van der Waals surface area contributed by atoms with Crippen molar-refractivity contribution >= 4 is 70.3 Å². The van der Waals surface area contributed by atoms with Crippen LogP contribution in [0.5, 0.6) is 0 Å². The van der Waals surface area contributed by atoms with Gasteiger partial charge < -0.3 is 10.6 Å². The largest absolute Gasteiger partial charge is 0.326 e. The van der Waals surface area contributed by atoms with Gasteiger partial charge in [0.25, 0.3) is 0 Å². The van der Waals surface area contributed by atoms with Gasteiger partial charge in [-0.15, -0.1) is 0 Å². The van der Waals surface area contributed by atoms with E-state index in [4.69, 9.17) is 24.4 Å². The van der Waals surface area contributed by atoms with E-state index in [2.05, 4.69) is 42.5 Å². The summed E-state index contributed by atoms with van der Waals surface area (Å²) in [6, 6.07) is 14.6. The number of nitrogens with one attached hydrogen (secondary N) is 6. The van der Waals surface area contributed by atoms with E-state index in [-0.39, 0.29) is 11.8 Å². The molecule has 0 radical (unpaired) electrons. The van der Waals surface area contributed by atoms with E-state index in [1.165, 1.54) is 13.8 Å². The average Bonchev–Trinajstić information content (AvgIpc) is 2.87. The summed E-state index contributed by atoms with van der Waals surface area (Å²) >= 11 is 10.6. The predicted molar refractivity (Wildman–Crippen MR) is 158 cm³/mol. The monoisotopic (exact) mass is 554 g/mol. The smallest absolute Gasteiger partial charge is 0.221 e. The van der Waals surface area contributed by atoms with Gasteiger partial charge in [0, 0.05) is 51.4 Å². The van der Waals surface area contributed by atoms with Crippen molar-refractivity contribution in [2.75, 3.05) is 36.8 Å². The Bertz CT molecular complexity index is 1080. The minimum Gasteiger partial charge on any atom is -0.326 e. The molecule has 0 bridgehead atoms. The molecule has 0 aromatic heterocycles. The number of carbonyl (C=O) groups is 2.